The van der Waals surface area contributed by atoms with Gasteiger partial charge in [-0.15, -0.1) is 12.3 Å². The van der Waals surface area contributed by atoms with Crippen molar-refractivity contribution in [3.63, 3.8) is 0 Å². The van der Waals surface area contributed by atoms with Crippen LogP contribution in [0.5, 0.6) is 0 Å². The van der Waals surface area contributed by atoms with Crippen LogP contribution in [0.1, 0.15) is 6.42 Å². The number of aliphatic carboxylic acids is 1. The van der Waals surface area contributed by atoms with Crippen molar-refractivity contribution in [1.82, 2.24) is 4.72 Å². The van der Waals surface area contributed by atoms with Crippen LogP contribution >= 0.6 is 0 Å². The molecule has 8 heteroatoms. The van der Waals surface area contributed by atoms with Crippen LogP contribution in [-0.2, 0) is 14.8 Å². The van der Waals surface area contributed by atoms with E-state index in [0.717, 1.165) is 6.07 Å². The first kappa shape index (κ1) is 15.1. The van der Waals surface area contributed by atoms with Gasteiger partial charge >= 0.3 is 5.97 Å². The summed E-state index contributed by atoms with van der Waals surface area (Å²) in [6, 6.07) is 0.353. The van der Waals surface area contributed by atoms with Gasteiger partial charge in [0.1, 0.15) is 6.04 Å². The van der Waals surface area contributed by atoms with Gasteiger partial charge in [0.05, 0.1) is 4.90 Å². The quantitative estimate of drug-likeness (QED) is 0.782. The van der Waals surface area contributed by atoms with Crippen LogP contribution in [0.15, 0.2) is 23.1 Å². The molecule has 0 heterocycles. The zero-order valence-electron chi connectivity index (χ0n) is 9.43. The molecule has 1 unspecified atom stereocenters. The van der Waals surface area contributed by atoms with E-state index in [1.807, 2.05) is 5.92 Å². The molecule has 0 saturated carbocycles. The Hall–Kier alpha value is -1.98. The Kier molecular flexibility index (Phi) is 4.58. The van der Waals surface area contributed by atoms with Crippen molar-refractivity contribution in [2.24, 2.45) is 0 Å². The van der Waals surface area contributed by atoms with Crippen LogP contribution in [0, 0.1) is 24.0 Å². The van der Waals surface area contributed by atoms with E-state index >= 15 is 0 Å². The monoisotopic (exact) mass is 289 g/mol. The van der Waals surface area contributed by atoms with Gasteiger partial charge in [-0.25, -0.2) is 17.2 Å². The van der Waals surface area contributed by atoms with Gasteiger partial charge in [-0.3, -0.25) is 4.79 Å². The largest absolute Gasteiger partial charge is 0.480 e. The second-order valence-electron chi connectivity index (χ2n) is 3.50. The van der Waals surface area contributed by atoms with E-state index in [1.165, 1.54) is 0 Å². The average molecular weight is 289 g/mol. The van der Waals surface area contributed by atoms with Gasteiger partial charge in [-0.2, -0.15) is 4.72 Å². The average Bonchev–Trinajstić information content (AvgIpc) is 2.31. The SMILES string of the molecule is C#CCC(NS(=O)(=O)c1ccc(F)c(F)c1)C(=O)O. The molecule has 0 aromatic heterocycles. The zero-order chi connectivity index (χ0) is 14.6. The third-order valence-corrected chi connectivity index (χ3v) is 3.59. The fourth-order valence-electron chi connectivity index (χ4n) is 1.20. The lowest BCUT2D eigenvalue weighted by Crippen LogP contribution is -2.40. The number of halogens is 2. The van der Waals surface area contributed by atoms with Gasteiger partial charge in [0.25, 0.3) is 0 Å². The molecule has 0 bridgehead atoms. The third kappa shape index (κ3) is 3.74. The smallest absolute Gasteiger partial charge is 0.322 e. The molecule has 0 fully saturated rings. The molecule has 1 rings (SSSR count). The Labute approximate surface area is 108 Å². The van der Waals surface area contributed by atoms with E-state index in [9.17, 15) is 22.0 Å². The van der Waals surface area contributed by atoms with Crippen LogP contribution in [-0.4, -0.2) is 25.5 Å². The Balaban J connectivity index is 3.07. The van der Waals surface area contributed by atoms with E-state index in [4.69, 9.17) is 11.5 Å². The topological polar surface area (TPSA) is 83.5 Å². The summed E-state index contributed by atoms with van der Waals surface area (Å²) < 4.78 is 50.9. The summed E-state index contributed by atoms with van der Waals surface area (Å²) in [6.45, 7) is 0. The number of hydrogen-bond acceptors (Lipinski definition) is 3. The van der Waals surface area contributed by atoms with Gasteiger partial charge in [0.15, 0.2) is 11.6 Å². The molecule has 1 aromatic rings. The molecular formula is C11H9F2NO4S. The molecule has 2 N–H and O–H groups in total. The first-order valence-corrected chi connectivity index (χ1v) is 6.40. The van der Waals surface area contributed by atoms with Gasteiger partial charge in [0.2, 0.25) is 10.0 Å². The maximum absolute atomic E-state index is 12.9. The molecule has 0 amide bonds. The molecule has 19 heavy (non-hydrogen) atoms. The summed E-state index contributed by atoms with van der Waals surface area (Å²) in [4.78, 5) is 10.2. The van der Waals surface area contributed by atoms with Crippen molar-refractivity contribution >= 4 is 16.0 Å². The minimum absolute atomic E-state index is 0.377. The zero-order valence-corrected chi connectivity index (χ0v) is 10.2. The van der Waals surface area contributed by atoms with Crippen molar-refractivity contribution in [3.05, 3.63) is 29.8 Å². The standard InChI is InChI=1S/C11H9F2NO4S/c1-2-3-10(11(15)16)14-19(17,18)7-4-5-8(12)9(13)6-7/h1,4-6,10,14H,3H2,(H,15,16). The molecule has 0 aliphatic heterocycles. The predicted octanol–water partition coefficient (Wildman–Crippen LogP) is 0.720. The molecule has 0 radical (unpaired) electrons. The van der Waals surface area contributed by atoms with E-state index in [0.29, 0.717) is 12.1 Å². The Morgan fingerprint density at radius 1 is 1.42 bits per heavy atom. The highest BCUT2D eigenvalue weighted by atomic mass is 32.2. The summed E-state index contributed by atoms with van der Waals surface area (Å²) in [5, 5.41) is 8.76. The van der Waals surface area contributed by atoms with E-state index in [2.05, 4.69) is 0 Å². The lowest BCUT2D eigenvalue weighted by molar-refractivity contribution is -0.138. The number of carboxylic acids is 1. The molecule has 102 valence electrons. The van der Waals surface area contributed by atoms with Crippen molar-refractivity contribution in [3.8, 4) is 12.3 Å². The van der Waals surface area contributed by atoms with Crippen molar-refractivity contribution in [2.75, 3.05) is 0 Å². The Bertz CT molecular complexity index is 637. The normalized spacial score (nSPS) is 12.7. The molecule has 5 nitrogen and oxygen atoms in total. The second kappa shape index (κ2) is 5.77. The number of nitrogens with one attached hydrogen (secondary N) is 1. The highest BCUT2D eigenvalue weighted by Gasteiger charge is 2.25. The third-order valence-electron chi connectivity index (χ3n) is 2.12. The fraction of sp³-hybridized carbons (Fsp3) is 0.182. The molecule has 1 atom stereocenters. The molecule has 0 aliphatic rings. The minimum Gasteiger partial charge on any atom is -0.480 e. The number of hydrogen-bond donors (Lipinski definition) is 2. The number of terminal acetylenes is 1. The first-order valence-electron chi connectivity index (χ1n) is 4.91. The second-order valence-corrected chi connectivity index (χ2v) is 5.21. The highest BCUT2D eigenvalue weighted by Crippen LogP contribution is 2.14. The maximum Gasteiger partial charge on any atom is 0.322 e. The van der Waals surface area contributed by atoms with Gasteiger partial charge in [-0.05, 0) is 18.2 Å². The van der Waals surface area contributed by atoms with Gasteiger partial charge in [0, 0.05) is 6.42 Å². The predicted molar refractivity (Wildman–Crippen MR) is 61.6 cm³/mol. The van der Waals surface area contributed by atoms with Crippen molar-refractivity contribution < 1.29 is 27.1 Å². The molecule has 0 saturated heterocycles. The lowest BCUT2D eigenvalue weighted by atomic mass is 10.2. The van der Waals surface area contributed by atoms with Crippen LogP contribution < -0.4 is 4.72 Å². The van der Waals surface area contributed by atoms with Crippen LogP contribution in [0.4, 0.5) is 8.78 Å². The van der Waals surface area contributed by atoms with Gasteiger partial charge in [-0.1, -0.05) is 0 Å². The number of rotatable bonds is 5. The van der Waals surface area contributed by atoms with E-state index < -0.39 is 38.6 Å². The van der Waals surface area contributed by atoms with Crippen molar-refractivity contribution in [1.29, 1.82) is 0 Å². The summed E-state index contributed by atoms with van der Waals surface area (Å²) in [6.07, 6.45) is 4.53. The van der Waals surface area contributed by atoms with Crippen LogP contribution in [0.2, 0.25) is 0 Å². The fourth-order valence-corrected chi connectivity index (χ4v) is 2.40. The molecular weight excluding hydrogens is 280 g/mol. The summed E-state index contributed by atoms with van der Waals surface area (Å²) >= 11 is 0. The Morgan fingerprint density at radius 2 is 2.05 bits per heavy atom. The summed E-state index contributed by atoms with van der Waals surface area (Å²) in [5.41, 5.74) is 0. The van der Waals surface area contributed by atoms with E-state index in [-0.39, 0.29) is 6.42 Å². The molecule has 1 aromatic carbocycles. The number of carboxylic acid groups (broad SMARTS) is 1. The molecule has 0 aliphatic carbocycles. The number of sulfonamides is 1. The molecule has 0 spiro atoms. The highest BCUT2D eigenvalue weighted by molar-refractivity contribution is 7.89. The van der Waals surface area contributed by atoms with E-state index in [1.54, 1.807) is 4.72 Å². The number of benzene rings is 1. The minimum atomic E-state index is -4.30. The Morgan fingerprint density at radius 3 is 2.53 bits per heavy atom. The lowest BCUT2D eigenvalue weighted by Gasteiger charge is -2.12. The first-order chi connectivity index (χ1) is 8.77. The summed E-state index contributed by atoms with van der Waals surface area (Å²) in [7, 11) is -4.30. The van der Waals surface area contributed by atoms with Gasteiger partial charge < -0.3 is 5.11 Å². The van der Waals surface area contributed by atoms with Crippen molar-refractivity contribution in [2.45, 2.75) is 17.4 Å². The maximum atomic E-state index is 12.9. The van der Waals surface area contributed by atoms with Crippen LogP contribution in [0.25, 0.3) is 0 Å². The number of carbonyl (C=O) groups is 1. The summed E-state index contributed by atoms with van der Waals surface area (Å²) in [5.74, 6) is -2.03. The van der Waals surface area contributed by atoms with Crippen LogP contribution in [0.3, 0.4) is 0 Å².